The van der Waals surface area contributed by atoms with Gasteiger partial charge in [0.2, 0.25) is 0 Å². The predicted molar refractivity (Wildman–Crippen MR) is 92.9 cm³/mol. The van der Waals surface area contributed by atoms with Gasteiger partial charge in [-0.15, -0.1) is 0 Å². The van der Waals surface area contributed by atoms with Crippen molar-refractivity contribution in [3.63, 3.8) is 0 Å². The van der Waals surface area contributed by atoms with Crippen LogP contribution in [0.3, 0.4) is 0 Å². The Labute approximate surface area is 148 Å². The SMILES string of the molecule is CCN(C(=O)COC(=O)c1ccc(Cl)cc1[N+](=O)[O-])c1ccccc1. The fourth-order valence-corrected chi connectivity index (χ4v) is 2.39. The molecular formula is C17H15ClN2O5. The van der Waals surface area contributed by atoms with Gasteiger partial charge in [0.15, 0.2) is 6.61 Å². The number of likely N-dealkylation sites (N-methyl/N-ethyl adjacent to an activating group) is 1. The van der Waals surface area contributed by atoms with Gasteiger partial charge in [0.05, 0.1) is 4.92 Å². The number of nitrogens with zero attached hydrogens (tertiary/aromatic N) is 2. The van der Waals surface area contributed by atoms with Crippen LogP contribution in [-0.4, -0.2) is 30.0 Å². The van der Waals surface area contributed by atoms with E-state index in [2.05, 4.69) is 0 Å². The minimum absolute atomic E-state index is 0.126. The number of carbonyl (C=O) groups excluding carboxylic acids is 2. The first-order chi connectivity index (χ1) is 11.9. The molecule has 0 unspecified atom stereocenters. The summed E-state index contributed by atoms with van der Waals surface area (Å²) in [6.07, 6.45) is 0. The summed E-state index contributed by atoms with van der Waals surface area (Å²) in [5, 5.41) is 11.1. The topological polar surface area (TPSA) is 89.8 Å². The monoisotopic (exact) mass is 362 g/mol. The molecule has 0 radical (unpaired) electrons. The number of hydrogen-bond acceptors (Lipinski definition) is 5. The van der Waals surface area contributed by atoms with Gasteiger partial charge in [-0.05, 0) is 31.2 Å². The zero-order chi connectivity index (χ0) is 18.4. The lowest BCUT2D eigenvalue weighted by Gasteiger charge is -2.20. The third-order valence-electron chi connectivity index (χ3n) is 3.39. The molecular weight excluding hydrogens is 348 g/mol. The zero-order valence-electron chi connectivity index (χ0n) is 13.3. The second kappa shape index (κ2) is 8.25. The number of halogens is 1. The van der Waals surface area contributed by atoms with Crippen molar-refractivity contribution in [3.05, 3.63) is 69.2 Å². The molecule has 2 aromatic rings. The maximum Gasteiger partial charge on any atom is 0.345 e. The Bertz CT molecular complexity index is 795. The number of ether oxygens (including phenoxy) is 1. The van der Waals surface area contributed by atoms with E-state index in [9.17, 15) is 19.7 Å². The zero-order valence-corrected chi connectivity index (χ0v) is 14.1. The smallest absolute Gasteiger partial charge is 0.345 e. The molecule has 8 heteroatoms. The van der Waals surface area contributed by atoms with Crippen LogP contribution in [0.15, 0.2) is 48.5 Å². The van der Waals surface area contributed by atoms with Gasteiger partial charge in [-0.25, -0.2) is 4.79 Å². The molecule has 0 spiro atoms. The molecule has 0 aliphatic carbocycles. The number of para-hydroxylation sites is 1. The second-order valence-electron chi connectivity index (χ2n) is 4.97. The van der Waals surface area contributed by atoms with Gasteiger partial charge in [-0.1, -0.05) is 29.8 Å². The molecule has 1 amide bonds. The minimum Gasteiger partial charge on any atom is -0.452 e. The van der Waals surface area contributed by atoms with Gasteiger partial charge >= 0.3 is 5.97 Å². The van der Waals surface area contributed by atoms with Crippen LogP contribution in [-0.2, 0) is 9.53 Å². The van der Waals surface area contributed by atoms with Crippen molar-refractivity contribution in [2.24, 2.45) is 0 Å². The van der Waals surface area contributed by atoms with E-state index in [1.165, 1.54) is 17.0 Å². The lowest BCUT2D eigenvalue weighted by molar-refractivity contribution is -0.385. The van der Waals surface area contributed by atoms with Gasteiger partial charge in [-0.2, -0.15) is 0 Å². The maximum absolute atomic E-state index is 12.3. The molecule has 25 heavy (non-hydrogen) atoms. The minimum atomic E-state index is -0.958. The highest BCUT2D eigenvalue weighted by molar-refractivity contribution is 6.31. The Morgan fingerprint density at radius 1 is 1.20 bits per heavy atom. The van der Waals surface area contributed by atoms with Crippen LogP contribution in [0.1, 0.15) is 17.3 Å². The molecule has 0 N–H and O–H groups in total. The van der Waals surface area contributed by atoms with Crippen molar-refractivity contribution in [1.82, 2.24) is 0 Å². The molecule has 7 nitrogen and oxygen atoms in total. The summed E-state index contributed by atoms with van der Waals surface area (Å²) in [6, 6.07) is 12.5. The summed E-state index contributed by atoms with van der Waals surface area (Å²) in [7, 11) is 0. The number of hydrogen-bond donors (Lipinski definition) is 0. The number of carbonyl (C=O) groups is 2. The molecule has 0 aromatic heterocycles. The third-order valence-corrected chi connectivity index (χ3v) is 3.62. The summed E-state index contributed by atoms with van der Waals surface area (Å²) in [6.45, 7) is 1.65. The first-order valence-electron chi connectivity index (χ1n) is 7.40. The Morgan fingerprint density at radius 2 is 1.88 bits per heavy atom. The number of esters is 1. The molecule has 0 saturated heterocycles. The van der Waals surface area contributed by atoms with E-state index in [1.807, 2.05) is 6.07 Å². The summed E-state index contributed by atoms with van der Waals surface area (Å²) in [5.74, 6) is -1.39. The van der Waals surface area contributed by atoms with E-state index in [4.69, 9.17) is 16.3 Å². The first kappa shape index (κ1) is 18.4. The summed E-state index contributed by atoms with van der Waals surface area (Å²) >= 11 is 5.70. The lowest BCUT2D eigenvalue weighted by Crippen LogP contribution is -2.34. The van der Waals surface area contributed by atoms with Crippen molar-refractivity contribution < 1.29 is 19.2 Å². The third kappa shape index (κ3) is 4.54. The van der Waals surface area contributed by atoms with Crippen LogP contribution in [0.5, 0.6) is 0 Å². The molecule has 130 valence electrons. The summed E-state index contributed by atoms with van der Waals surface area (Å²) in [4.78, 5) is 36.1. The van der Waals surface area contributed by atoms with E-state index in [0.29, 0.717) is 12.2 Å². The lowest BCUT2D eigenvalue weighted by atomic mass is 10.2. The van der Waals surface area contributed by atoms with E-state index >= 15 is 0 Å². The first-order valence-corrected chi connectivity index (χ1v) is 7.78. The average molecular weight is 363 g/mol. The molecule has 0 heterocycles. The molecule has 0 aliphatic heterocycles. The predicted octanol–water partition coefficient (Wildman–Crippen LogP) is 3.46. The van der Waals surface area contributed by atoms with Gasteiger partial charge in [0, 0.05) is 23.3 Å². The molecule has 0 fully saturated rings. The van der Waals surface area contributed by atoms with Gasteiger partial charge in [-0.3, -0.25) is 14.9 Å². The largest absolute Gasteiger partial charge is 0.452 e. The standard InChI is InChI=1S/C17H15ClN2O5/c1-2-19(13-6-4-3-5-7-13)16(21)11-25-17(22)14-9-8-12(18)10-15(14)20(23)24/h3-10H,2,11H2,1H3. The van der Waals surface area contributed by atoms with Gasteiger partial charge in [0.1, 0.15) is 5.56 Å². The van der Waals surface area contributed by atoms with E-state index in [1.54, 1.807) is 31.2 Å². The number of anilines is 1. The number of nitro benzene ring substituents is 1. The highest BCUT2D eigenvalue weighted by atomic mass is 35.5. The number of amides is 1. The molecule has 0 atom stereocenters. The van der Waals surface area contributed by atoms with Crippen molar-refractivity contribution in [3.8, 4) is 0 Å². The van der Waals surface area contributed by atoms with E-state index < -0.39 is 29.1 Å². The van der Waals surface area contributed by atoms with Crippen LogP contribution in [0, 0.1) is 10.1 Å². The molecule has 0 aliphatic rings. The van der Waals surface area contributed by atoms with Crippen LogP contribution < -0.4 is 4.90 Å². The molecule has 0 saturated carbocycles. The van der Waals surface area contributed by atoms with Crippen LogP contribution >= 0.6 is 11.6 Å². The molecule has 0 bridgehead atoms. The molecule has 2 rings (SSSR count). The fraction of sp³-hybridized carbons (Fsp3) is 0.176. The molecule has 2 aromatic carbocycles. The maximum atomic E-state index is 12.3. The van der Waals surface area contributed by atoms with Crippen LogP contribution in [0.25, 0.3) is 0 Å². The van der Waals surface area contributed by atoms with Crippen LogP contribution in [0.2, 0.25) is 5.02 Å². The second-order valence-corrected chi connectivity index (χ2v) is 5.40. The van der Waals surface area contributed by atoms with Crippen LogP contribution in [0.4, 0.5) is 11.4 Å². The Morgan fingerprint density at radius 3 is 2.48 bits per heavy atom. The highest BCUT2D eigenvalue weighted by Gasteiger charge is 2.23. The Kier molecular flexibility index (Phi) is 6.08. The quantitative estimate of drug-likeness (QED) is 0.446. The van der Waals surface area contributed by atoms with E-state index in [0.717, 1.165) is 6.07 Å². The Hall–Kier alpha value is -2.93. The van der Waals surface area contributed by atoms with Crippen molar-refractivity contribution >= 4 is 34.9 Å². The van der Waals surface area contributed by atoms with Gasteiger partial charge < -0.3 is 9.64 Å². The highest BCUT2D eigenvalue weighted by Crippen LogP contribution is 2.24. The Balaban J connectivity index is 2.09. The number of nitro groups is 1. The van der Waals surface area contributed by atoms with Crippen molar-refractivity contribution in [1.29, 1.82) is 0 Å². The van der Waals surface area contributed by atoms with Gasteiger partial charge in [0.25, 0.3) is 11.6 Å². The number of benzene rings is 2. The van der Waals surface area contributed by atoms with E-state index in [-0.39, 0.29) is 10.6 Å². The fourth-order valence-electron chi connectivity index (χ4n) is 2.22. The van der Waals surface area contributed by atoms with Crippen molar-refractivity contribution in [2.75, 3.05) is 18.1 Å². The van der Waals surface area contributed by atoms with Crippen molar-refractivity contribution in [2.45, 2.75) is 6.92 Å². The average Bonchev–Trinajstić information content (AvgIpc) is 2.61. The normalized spacial score (nSPS) is 10.2. The summed E-state index contributed by atoms with van der Waals surface area (Å²) < 4.78 is 4.95. The summed E-state index contributed by atoms with van der Waals surface area (Å²) in [5.41, 5.74) is -0.0613. The number of rotatable bonds is 6.